The highest BCUT2D eigenvalue weighted by Crippen LogP contribution is 2.35. The predicted molar refractivity (Wildman–Crippen MR) is 87.8 cm³/mol. The summed E-state index contributed by atoms with van der Waals surface area (Å²) < 4.78 is 19.0. The summed E-state index contributed by atoms with van der Waals surface area (Å²) in [6.07, 6.45) is 4.46. The van der Waals surface area contributed by atoms with Crippen molar-refractivity contribution in [2.45, 2.75) is 31.7 Å². The van der Waals surface area contributed by atoms with Gasteiger partial charge in [0.2, 0.25) is 5.82 Å². The molecule has 128 valence electrons. The van der Waals surface area contributed by atoms with Crippen LogP contribution in [0.5, 0.6) is 5.75 Å². The van der Waals surface area contributed by atoms with Crippen molar-refractivity contribution in [3.05, 3.63) is 28.1 Å². The number of halogens is 1. The molecule has 7 heteroatoms. The predicted octanol–water partition coefficient (Wildman–Crippen LogP) is 3.05. The van der Waals surface area contributed by atoms with Gasteiger partial charge in [0.1, 0.15) is 11.4 Å². The summed E-state index contributed by atoms with van der Waals surface area (Å²) >= 11 is 0. The molecule has 0 aliphatic carbocycles. The van der Waals surface area contributed by atoms with E-state index < -0.39 is 16.4 Å². The van der Waals surface area contributed by atoms with Gasteiger partial charge >= 0.3 is 5.69 Å². The number of nitrogens with zero attached hydrogens (tertiary/aromatic N) is 3. The number of ether oxygens (including phenoxy) is 1. The van der Waals surface area contributed by atoms with Crippen LogP contribution < -0.4 is 9.64 Å². The van der Waals surface area contributed by atoms with Crippen LogP contribution in [0.15, 0.2) is 12.1 Å². The number of hydrogen-bond acceptors (Lipinski definition) is 5. The smallest absolute Gasteiger partial charge is 0.328 e. The van der Waals surface area contributed by atoms with Crippen molar-refractivity contribution in [1.82, 2.24) is 4.90 Å². The van der Waals surface area contributed by atoms with E-state index in [1.165, 1.54) is 26.0 Å². The minimum Gasteiger partial charge on any atom is -0.497 e. The number of piperidine rings is 1. The van der Waals surface area contributed by atoms with Crippen LogP contribution in [0.2, 0.25) is 0 Å². The summed E-state index contributed by atoms with van der Waals surface area (Å²) in [5, 5.41) is 11.2. The van der Waals surface area contributed by atoms with E-state index in [4.69, 9.17) is 4.74 Å². The number of nitro benzene ring substituents is 1. The maximum absolute atomic E-state index is 14.0. The Balaban J connectivity index is 2.15. The fraction of sp³-hybridized carbons (Fsp3) is 0.625. The number of benzene rings is 1. The average molecular weight is 325 g/mol. The molecule has 0 aromatic heterocycles. The second-order valence-electron chi connectivity index (χ2n) is 6.07. The molecule has 0 bridgehead atoms. The van der Waals surface area contributed by atoms with Gasteiger partial charge in [-0.2, -0.15) is 4.39 Å². The van der Waals surface area contributed by atoms with Crippen LogP contribution in [0.3, 0.4) is 0 Å². The largest absolute Gasteiger partial charge is 0.497 e. The van der Waals surface area contributed by atoms with E-state index in [-0.39, 0.29) is 11.4 Å². The first-order valence-corrected chi connectivity index (χ1v) is 7.87. The molecule has 1 unspecified atom stereocenters. The molecule has 1 saturated heterocycles. The van der Waals surface area contributed by atoms with Crippen LogP contribution in [0.4, 0.5) is 15.8 Å². The van der Waals surface area contributed by atoms with Crippen molar-refractivity contribution in [1.29, 1.82) is 0 Å². The topological polar surface area (TPSA) is 58.9 Å². The summed E-state index contributed by atoms with van der Waals surface area (Å²) in [5.74, 6) is -0.587. The summed E-state index contributed by atoms with van der Waals surface area (Å²) in [5.41, 5.74) is -0.240. The maximum Gasteiger partial charge on any atom is 0.328 e. The zero-order valence-electron chi connectivity index (χ0n) is 13.9. The van der Waals surface area contributed by atoms with Crippen LogP contribution in [-0.2, 0) is 0 Å². The summed E-state index contributed by atoms with van der Waals surface area (Å²) in [6.45, 7) is 1.71. The summed E-state index contributed by atoms with van der Waals surface area (Å²) in [4.78, 5) is 14.6. The molecular weight excluding hydrogens is 301 g/mol. The first-order valence-electron chi connectivity index (χ1n) is 7.87. The Kier molecular flexibility index (Phi) is 5.76. The van der Waals surface area contributed by atoms with E-state index in [0.717, 1.165) is 25.5 Å². The Labute approximate surface area is 136 Å². The van der Waals surface area contributed by atoms with Gasteiger partial charge in [0, 0.05) is 31.8 Å². The van der Waals surface area contributed by atoms with Gasteiger partial charge < -0.3 is 14.5 Å². The van der Waals surface area contributed by atoms with Crippen molar-refractivity contribution in [3.63, 3.8) is 0 Å². The lowest BCUT2D eigenvalue weighted by atomic mass is 10.00. The Bertz CT molecular complexity index is 568. The zero-order valence-corrected chi connectivity index (χ0v) is 13.9. The van der Waals surface area contributed by atoms with Crippen LogP contribution in [-0.4, -0.2) is 50.2 Å². The van der Waals surface area contributed by atoms with Crippen molar-refractivity contribution in [2.24, 2.45) is 0 Å². The van der Waals surface area contributed by atoms with Crippen LogP contribution in [0.1, 0.15) is 25.7 Å². The molecule has 0 N–H and O–H groups in total. The average Bonchev–Trinajstić information content (AvgIpc) is 2.52. The minimum absolute atomic E-state index is 0.255. The quantitative estimate of drug-likeness (QED) is 0.594. The lowest BCUT2D eigenvalue weighted by Crippen LogP contribution is -2.38. The van der Waals surface area contributed by atoms with Gasteiger partial charge in [-0.1, -0.05) is 6.42 Å². The first-order chi connectivity index (χ1) is 10.9. The van der Waals surface area contributed by atoms with E-state index in [1.807, 2.05) is 0 Å². The molecule has 0 radical (unpaired) electrons. The Morgan fingerprint density at radius 1 is 1.48 bits per heavy atom. The number of methoxy groups -OCH3 is 1. The first kappa shape index (κ1) is 17.5. The van der Waals surface area contributed by atoms with E-state index in [1.54, 1.807) is 11.9 Å². The fourth-order valence-electron chi connectivity index (χ4n) is 3.12. The number of rotatable bonds is 6. The van der Waals surface area contributed by atoms with Gasteiger partial charge in [0.15, 0.2) is 0 Å². The molecule has 1 aromatic carbocycles. The van der Waals surface area contributed by atoms with Crippen molar-refractivity contribution < 1.29 is 14.1 Å². The van der Waals surface area contributed by atoms with Crippen molar-refractivity contribution in [3.8, 4) is 5.75 Å². The molecule has 2 rings (SSSR count). The molecule has 1 heterocycles. The minimum atomic E-state index is -0.869. The second-order valence-corrected chi connectivity index (χ2v) is 6.07. The third-order valence-electron chi connectivity index (χ3n) is 4.57. The molecule has 1 aromatic rings. The number of anilines is 1. The van der Waals surface area contributed by atoms with Crippen molar-refractivity contribution >= 4 is 11.4 Å². The van der Waals surface area contributed by atoms with Crippen molar-refractivity contribution in [2.75, 3.05) is 39.2 Å². The standard InChI is InChI=1S/C16H24FN3O3/c1-18-8-5-4-6-12(18)7-9-19(2)15-11-13(23-3)10-14(17)16(15)20(21)22/h10-12H,4-9H2,1-3H3. The van der Waals surface area contributed by atoms with Gasteiger partial charge in [-0.25, -0.2) is 0 Å². The van der Waals surface area contributed by atoms with E-state index >= 15 is 0 Å². The second kappa shape index (κ2) is 7.59. The zero-order chi connectivity index (χ0) is 17.0. The van der Waals surface area contributed by atoms with E-state index in [0.29, 0.717) is 12.6 Å². The van der Waals surface area contributed by atoms with Crippen LogP contribution >= 0.6 is 0 Å². The fourth-order valence-corrected chi connectivity index (χ4v) is 3.12. The normalized spacial score (nSPS) is 18.7. The van der Waals surface area contributed by atoms with Gasteiger partial charge in [0.05, 0.1) is 12.0 Å². The Morgan fingerprint density at radius 3 is 2.83 bits per heavy atom. The van der Waals surface area contributed by atoms with Crippen LogP contribution in [0, 0.1) is 15.9 Å². The lowest BCUT2D eigenvalue weighted by Gasteiger charge is -2.33. The van der Waals surface area contributed by atoms with Crippen LogP contribution in [0.25, 0.3) is 0 Å². The highest BCUT2D eigenvalue weighted by Gasteiger charge is 2.26. The van der Waals surface area contributed by atoms with Gasteiger partial charge in [-0.15, -0.1) is 0 Å². The molecule has 1 aliphatic rings. The number of hydrogen-bond donors (Lipinski definition) is 0. The van der Waals surface area contributed by atoms with Gasteiger partial charge in [0.25, 0.3) is 0 Å². The Morgan fingerprint density at radius 2 is 2.22 bits per heavy atom. The number of nitro groups is 1. The molecule has 0 amide bonds. The molecule has 0 spiro atoms. The summed E-state index contributed by atoms with van der Waals surface area (Å²) in [7, 11) is 5.28. The third kappa shape index (κ3) is 4.10. The molecule has 1 aliphatic heterocycles. The molecule has 23 heavy (non-hydrogen) atoms. The highest BCUT2D eigenvalue weighted by molar-refractivity contribution is 5.66. The third-order valence-corrected chi connectivity index (χ3v) is 4.57. The number of likely N-dealkylation sites (tertiary alicyclic amines) is 1. The van der Waals surface area contributed by atoms with Gasteiger partial charge in [-0.3, -0.25) is 10.1 Å². The van der Waals surface area contributed by atoms with E-state index in [2.05, 4.69) is 11.9 Å². The van der Waals surface area contributed by atoms with Gasteiger partial charge in [-0.05, 0) is 32.9 Å². The summed E-state index contributed by atoms with van der Waals surface area (Å²) in [6, 6.07) is 3.04. The Hall–Kier alpha value is -1.89. The molecule has 0 saturated carbocycles. The highest BCUT2D eigenvalue weighted by atomic mass is 19.1. The maximum atomic E-state index is 14.0. The SMILES string of the molecule is COc1cc(F)c([N+](=O)[O-])c(N(C)CCC2CCCCN2C)c1. The molecule has 6 nitrogen and oxygen atoms in total. The monoisotopic (exact) mass is 325 g/mol. The molecule has 1 atom stereocenters. The molecule has 1 fully saturated rings. The van der Waals surface area contributed by atoms with E-state index in [9.17, 15) is 14.5 Å². The lowest BCUT2D eigenvalue weighted by molar-refractivity contribution is -0.386. The molecular formula is C16H24FN3O3.